The second-order valence-electron chi connectivity index (χ2n) is 6.56. The Morgan fingerprint density at radius 1 is 1.29 bits per heavy atom. The summed E-state index contributed by atoms with van der Waals surface area (Å²) < 4.78 is 1.84. The quantitative estimate of drug-likeness (QED) is 0.871. The molecule has 1 fully saturated rings. The summed E-state index contributed by atoms with van der Waals surface area (Å²) in [4.78, 5) is 25.5. The number of rotatable bonds is 5. The van der Waals surface area contributed by atoms with Gasteiger partial charge in [-0.3, -0.25) is 4.79 Å². The van der Waals surface area contributed by atoms with Crippen molar-refractivity contribution in [3.05, 3.63) is 42.5 Å². The highest BCUT2D eigenvalue weighted by molar-refractivity contribution is 5.93. The molecule has 1 aliphatic heterocycles. The number of hydrogen-bond donors (Lipinski definition) is 1. The summed E-state index contributed by atoms with van der Waals surface area (Å²) in [7, 11) is 5.99. The zero-order valence-corrected chi connectivity index (χ0v) is 14.4. The molecule has 128 valence electrons. The van der Waals surface area contributed by atoms with Gasteiger partial charge in [-0.15, -0.1) is 0 Å². The van der Waals surface area contributed by atoms with Crippen molar-refractivity contribution in [1.82, 2.24) is 24.8 Å². The standard InChI is InChI=1S/C17H24N6O/c1-21(2)10-13-11-23(17-18-7-5-8-19-17)12-14(13)20-16(24)15-6-4-9-22(15)3/h4-9,13-14H,10-12H2,1-3H3,(H,20,24)/t13-,14-/m1/s1. The molecule has 0 radical (unpaired) electrons. The van der Waals surface area contributed by atoms with Gasteiger partial charge in [0.15, 0.2) is 0 Å². The fourth-order valence-electron chi connectivity index (χ4n) is 3.25. The Bertz CT molecular complexity index is 683. The van der Waals surface area contributed by atoms with E-state index in [-0.39, 0.29) is 11.9 Å². The molecule has 7 heteroatoms. The van der Waals surface area contributed by atoms with E-state index >= 15 is 0 Å². The van der Waals surface area contributed by atoms with Crippen LogP contribution >= 0.6 is 0 Å². The van der Waals surface area contributed by atoms with Crippen LogP contribution in [0.4, 0.5) is 5.95 Å². The minimum atomic E-state index is -0.0351. The van der Waals surface area contributed by atoms with Crippen LogP contribution in [-0.2, 0) is 7.05 Å². The maximum Gasteiger partial charge on any atom is 0.268 e. The van der Waals surface area contributed by atoms with Gasteiger partial charge in [0.1, 0.15) is 5.69 Å². The predicted molar refractivity (Wildman–Crippen MR) is 93.0 cm³/mol. The lowest BCUT2D eigenvalue weighted by Crippen LogP contribution is -2.43. The van der Waals surface area contributed by atoms with Gasteiger partial charge in [-0.25, -0.2) is 9.97 Å². The summed E-state index contributed by atoms with van der Waals surface area (Å²) >= 11 is 0. The van der Waals surface area contributed by atoms with E-state index < -0.39 is 0 Å². The summed E-state index contributed by atoms with van der Waals surface area (Å²) in [6.45, 7) is 2.46. The molecule has 24 heavy (non-hydrogen) atoms. The van der Waals surface area contributed by atoms with Crippen LogP contribution in [0.1, 0.15) is 10.5 Å². The summed E-state index contributed by atoms with van der Waals surface area (Å²) in [5, 5.41) is 3.19. The van der Waals surface area contributed by atoms with Crippen molar-refractivity contribution in [3.8, 4) is 0 Å². The van der Waals surface area contributed by atoms with Gasteiger partial charge in [0.25, 0.3) is 5.91 Å². The number of amides is 1. The van der Waals surface area contributed by atoms with Crippen LogP contribution in [0.3, 0.4) is 0 Å². The molecular formula is C17H24N6O. The van der Waals surface area contributed by atoms with Crippen LogP contribution in [0.25, 0.3) is 0 Å². The van der Waals surface area contributed by atoms with Gasteiger partial charge in [-0.05, 0) is 32.3 Å². The molecule has 3 heterocycles. The predicted octanol–water partition coefficient (Wildman–Crippen LogP) is 0.612. The van der Waals surface area contributed by atoms with Crippen LogP contribution in [0, 0.1) is 5.92 Å². The highest BCUT2D eigenvalue weighted by Gasteiger charge is 2.35. The summed E-state index contributed by atoms with van der Waals surface area (Å²) in [5.41, 5.74) is 0.674. The SMILES string of the molecule is CN(C)C[C@@H]1CN(c2ncccn2)C[C@H]1NC(=O)c1cccn1C. The molecule has 0 unspecified atom stereocenters. The normalized spacial score (nSPS) is 20.6. The minimum Gasteiger partial charge on any atom is -0.347 e. The number of hydrogen-bond acceptors (Lipinski definition) is 5. The molecule has 1 aliphatic rings. The molecule has 7 nitrogen and oxygen atoms in total. The smallest absolute Gasteiger partial charge is 0.268 e. The van der Waals surface area contributed by atoms with E-state index in [1.807, 2.05) is 36.0 Å². The minimum absolute atomic E-state index is 0.0351. The Hall–Kier alpha value is -2.41. The van der Waals surface area contributed by atoms with E-state index in [4.69, 9.17) is 0 Å². The monoisotopic (exact) mass is 328 g/mol. The first-order valence-corrected chi connectivity index (χ1v) is 8.13. The number of carbonyl (C=O) groups is 1. The van der Waals surface area contributed by atoms with Crippen LogP contribution < -0.4 is 10.2 Å². The van der Waals surface area contributed by atoms with Crippen molar-refractivity contribution in [2.24, 2.45) is 13.0 Å². The largest absolute Gasteiger partial charge is 0.347 e. The average Bonchev–Trinajstić information content (AvgIpc) is 3.14. The molecule has 0 spiro atoms. The van der Waals surface area contributed by atoms with Crippen molar-refractivity contribution in [2.45, 2.75) is 6.04 Å². The van der Waals surface area contributed by atoms with Gasteiger partial charge < -0.3 is 19.7 Å². The van der Waals surface area contributed by atoms with Crippen molar-refractivity contribution < 1.29 is 4.79 Å². The van der Waals surface area contributed by atoms with Gasteiger partial charge in [0, 0.05) is 51.2 Å². The van der Waals surface area contributed by atoms with E-state index in [2.05, 4.69) is 39.2 Å². The van der Waals surface area contributed by atoms with Crippen molar-refractivity contribution in [3.63, 3.8) is 0 Å². The lowest BCUT2D eigenvalue weighted by Gasteiger charge is -2.22. The third-order valence-electron chi connectivity index (χ3n) is 4.37. The van der Waals surface area contributed by atoms with E-state index in [9.17, 15) is 4.79 Å². The van der Waals surface area contributed by atoms with Crippen LogP contribution in [-0.4, -0.2) is 65.1 Å². The van der Waals surface area contributed by atoms with E-state index in [1.165, 1.54) is 0 Å². The fourth-order valence-corrected chi connectivity index (χ4v) is 3.25. The second kappa shape index (κ2) is 7.00. The highest BCUT2D eigenvalue weighted by Crippen LogP contribution is 2.22. The van der Waals surface area contributed by atoms with Crippen LogP contribution in [0.15, 0.2) is 36.8 Å². The zero-order chi connectivity index (χ0) is 17.1. The highest BCUT2D eigenvalue weighted by atomic mass is 16.2. The van der Waals surface area contributed by atoms with Crippen molar-refractivity contribution >= 4 is 11.9 Å². The Morgan fingerprint density at radius 3 is 2.67 bits per heavy atom. The van der Waals surface area contributed by atoms with E-state index in [1.54, 1.807) is 12.4 Å². The molecule has 3 rings (SSSR count). The Morgan fingerprint density at radius 2 is 2.04 bits per heavy atom. The molecule has 1 amide bonds. The number of carbonyl (C=O) groups excluding carboxylic acids is 1. The average molecular weight is 328 g/mol. The van der Waals surface area contributed by atoms with Gasteiger partial charge >= 0.3 is 0 Å². The zero-order valence-electron chi connectivity index (χ0n) is 14.4. The topological polar surface area (TPSA) is 66.3 Å². The van der Waals surface area contributed by atoms with Crippen molar-refractivity contribution in [2.75, 3.05) is 38.6 Å². The molecule has 2 atom stereocenters. The molecule has 1 saturated heterocycles. The number of anilines is 1. The first kappa shape index (κ1) is 16.4. The number of nitrogens with zero attached hydrogens (tertiary/aromatic N) is 5. The lowest BCUT2D eigenvalue weighted by atomic mass is 10.0. The Kier molecular flexibility index (Phi) is 4.80. The number of aryl methyl sites for hydroxylation is 1. The number of aromatic nitrogens is 3. The lowest BCUT2D eigenvalue weighted by molar-refractivity contribution is 0.0919. The second-order valence-corrected chi connectivity index (χ2v) is 6.56. The molecule has 0 bridgehead atoms. The first-order chi connectivity index (χ1) is 11.5. The number of nitrogens with one attached hydrogen (secondary N) is 1. The van der Waals surface area contributed by atoms with E-state index in [0.29, 0.717) is 11.6 Å². The first-order valence-electron chi connectivity index (χ1n) is 8.13. The molecule has 0 aliphatic carbocycles. The maximum atomic E-state index is 12.6. The molecule has 0 aromatic carbocycles. The fraction of sp³-hybridized carbons (Fsp3) is 0.471. The molecular weight excluding hydrogens is 304 g/mol. The molecule has 2 aromatic rings. The third-order valence-corrected chi connectivity index (χ3v) is 4.37. The summed E-state index contributed by atoms with van der Waals surface area (Å²) in [6, 6.07) is 5.60. The van der Waals surface area contributed by atoms with E-state index in [0.717, 1.165) is 25.6 Å². The van der Waals surface area contributed by atoms with Crippen molar-refractivity contribution in [1.29, 1.82) is 0 Å². The van der Waals surface area contributed by atoms with Gasteiger partial charge in [0.05, 0.1) is 6.04 Å². The van der Waals surface area contributed by atoms with Gasteiger partial charge in [-0.2, -0.15) is 0 Å². The van der Waals surface area contributed by atoms with Gasteiger partial charge in [0.2, 0.25) is 5.95 Å². The molecule has 2 aromatic heterocycles. The molecule has 1 N–H and O–H groups in total. The Balaban J connectivity index is 1.74. The molecule has 0 saturated carbocycles. The van der Waals surface area contributed by atoms with Crippen LogP contribution in [0.2, 0.25) is 0 Å². The summed E-state index contributed by atoms with van der Waals surface area (Å²) in [6.07, 6.45) is 5.38. The Labute approximate surface area is 142 Å². The van der Waals surface area contributed by atoms with Gasteiger partial charge in [-0.1, -0.05) is 0 Å². The van der Waals surface area contributed by atoms with Crippen LogP contribution in [0.5, 0.6) is 0 Å². The third kappa shape index (κ3) is 3.56. The maximum absolute atomic E-state index is 12.6. The summed E-state index contributed by atoms with van der Waals surface area (Å²) in [5.74, 6) is 1.01.